The number of rotatable bonds is 7. The van der Waals surface area contributed by atoms with Crippen LogP contribution in [-0.2, 0) is 14.0 Å². The van der Waals surface area contributed by atoms with Gasteiger partial charge in [-0.3, -0.25) is 0 Å². The molecule has 0 radical (unpaired) electrons. The van der Waals surface area contributed by atoms with Crippen molar-refractivity contribution in [3.05, 3.63) is 60.7 Å². The monoisotopic (exact) mass is 372 g/mol. The summed E-state index contributed by atoms with van der Waals surface area (Å²) in [5.41, 5.74) is -0.133. The van der Waals surface area contributed by atoms with E-state index in [2.05, 4.69) is 0 Å². The molecule has 0 saturated carbocycles. The number of hydrogen-bond acceptors (Lipinski definition) is 4. The highest BCUT2D eigenvalue weighted by atomic mass is 28.3. The number of esters is 1. The smallest absolute Gasteiger partial charge is 0.336 e. The molecule has 140 valence electrons. The molecule has 0 aliphatic carbocycles. The number of carbonyl (C=O) groups is 1. The molecule has 2 atom stereocenters. The first kappa shape index (κ1) is 20.4. The maximum atomic E-state index is 12.4. The van der Waals surface area contributed by atoms with Gasteiger partial charge in [0.25, 0.3) is 0 Å². The molecular weight excluding hydrogens is 344 g/mol. The van der Waals surface area contributed by atoms with Gasteiger partial charge in [0, 0.05) is 0 Å². The van der Waals surface area contributed by atoms with Crippen molar-refractivity contribution < 1.29 is 19.1 Å². The highest BCUT2D eigenvalue weighted by molar-refractivity contribution is 6.80. The minimum Gasteiger partial charge on any atom is -0.467 e. The summed E-state index contributed by atoms with van der Waals surface area (Å²) in [7, 11) is -0.840. The summed E-state index contributed by atoms with van der Waals surface area (Å²) in [5.74, 6) is -0.536. The van der Waals surface area contributed by atoms with Crippen molar-refractivity contribution in [3.63, 3.8) is 0 Å². The lowest BCUT2D eigenvalue weighted by Gasteiger charge is -2.30. The highest BCUT2D eigenvalue weighted by Gasteiger charge is 2.35. The van der Waals surface area contributed by atoms with E-state index >= 15 is 0 Å². The number of benzene rings is 2. The van der Waals surface area contributed by atoms with Gasteiger partial charge in [-0.2, -0.15) is 0 Å². The molecule has 0 saturated heterocycles. The molecule has 5 heteroatoms. The number of carbonyl (C=O) groups excluding carboxylic acids is 1. The Morgan fingerprint density at radius 3 is 1.85 bits per heavy atom. The van der Waals surface area contributed by atoms with E-state index in [4.69, 9.17) is 9.16 Å². The summed E-state index contributed by atoms with van der Waals surface area (Å²) in [5, 5.41) is 12.8. The zero-order chi connectivity index (χ0) is 19.2. The van der Waals surface area contributed by atoms with Crippen molar-refractivity contribution >= 4 is 25.4 Å². The van der Waals surface area contributed by atoms with Gasteiger partial charge in [-0.15, -0.1) is 0 Å². The lowest BCUT2D eigenvalue weighted by molar-refractivity contribution is -0.155. The van der Waals surface area contributed by atoms with Crippen LogP contribution in [0.5, 0.6) is 0 Å². The molecule has 0 heterocycles. The Morgan fingerprint density at radius 1 is 1.00 bits per heavy atom. The molecule has 4 nitrogen and oxygen atoms in total. The van der Waals surface area contributed by atoms with Crippen LogP contribution in [0.1, 0.15) is 27.2 Å². The summed E-state index contributed by atoms with van der Waals surface area (Å²) in [6, 6.07) is 19.8. The lowest BCUT2D eigenvalue weighted by Crippen LogP contribution is -2.52. The molecule has 0 amide bonds. The Morgan fingerprint density at radius 2 is 1.46 bits per heavy atom. The van der Waals surface area contributed by atoms with E-state index in [1.54, 1.807) is 0 Å². The second-order valence-electron chi connectivity index (χ2n) is 7.61. The molecule has 0 aliphatic rings. The van der Waals surface area contributed by atoms with Gasteiger partial charge in [-0.25, -0.2) is 4.79 Å². The van der Waals surface area contributed by atoms with E-state index in [9.17, 15) is 9.90 Å². The quantitative estimate of drug-likeness (QED) is 0.596. The molecule has 2 aromatic carbocycles. The van der Waals surface area contributed by atoms with Crippen molar-refractivity contribution in [2.45, 2.75) is 39.4 Å². The first-order valence-electron chi connectivity index (χ1n) is 8.83. The van der Waals surface area contributed by atoms with E-state index in [1.807, 2.05) is 81.4 Å². The van der Waals surface area contributed by atoms with E-state index in [-0.39, 0.29) is 5.41 Å². The molecule has 0 spiro atoms. The fraction of sp³-hybridized carbons (Fsp3) is 0.381. The van der Waals surface area contributed by atoms with Crippen LogP contribution < -0.4 is 10.4 Å². The molecule has 0 fully saturated rings. The average molecular weight is 373 g/mol. The Balaban J connectivity index is 2.35. The van der Waals surface area contributed by atoms with E-state index in [1.165, 1.54) is 7.11 Å². The third-order valence-corrected chi connectivity index (χ3v) is 6.64. The Hall–Kier alpha value is -1.95. The van der Waals surface area contributed by atoms with Gasteiger partial charge in [0.15, 0.2) is 6.10 Å². The van der Waals surface area contributed by atoms with E-state index < -0.39 is 27.2 Å². The van der Waals surface area contributed by atoms with Gasteiger partial charge in [-0.05, 0) is 22.2 Å². The van der Waals surface area contributed by atoms with Gasteiger partial charge < -0.3 is 14.3 Å². The van der Waals surface area contributed by atoms with Crippen molar-refractivity contribution in [3.8, 4) is 0 Å². The van der Waals surface area contributed by atoms with Crippen LogP contribution in [0.3, 0.4) is 0 Å². The predicted molar refractivity (Wildman–Crippen MR) is 106 cm³/mol. The van der Waals surface area contributed by atoms with E-state index in [0.717, 1.165) is 10.4 Å². The van der Waals surface area contributed by atoms with Crippen LogP contribution in [0.25, 0.3) is 0 Å². The summed E-state index contributed by atoms with van der Waals surface area (Å²) in [6.07, 6.45) is -1.49. The van der Waals surface area contributed by atoms with Crippen molar-refractivity contribution in [1.82, 2.24) is 0 Å². The lowest BCUT2D eigenvalue weighted by atomic mass is 9.87. The fourth-order valence-electron chi connectivity index (χ4n) is 2.91. The summed E-state index contributed by atoms with van der Waals surface area (Å²) in [4.78, 5) is 12.4. The highest BCUT2D eigenvalue weighted by Crippen LogP contribution is 2.23. The molecule has 0 aromatic heterocycles. The van der Waals surface area contributed by atoms with Crippen LogP contribution in [-0.4, -0.2) is 39.4 Å². The maximum Gasteiger partial charge on any atom is 0.336 e. The normalized spacial score (nSPS) is 14.1. The Kier molecular flexibility index (Phi) is 7.14. The van der Waals surface area contributed by atoms with Crippen LogP contribution in [0.4, 0.5) is 0 Å². The molecule has 0 aliphatic heterocycles. The predicted octanol–water partition coefficient (Wildman–Crippen LogP) is 1.88. The summed E-state index contributed by atoms with van der Waals surface area (Å²) < 4.78 is 11.2. The van der Waals surface area contributed by atoms with Gasteiger partial charge in [0.1, 0.15) is 0 Å². The topological polar surface area (TPSA) is 55.8 Å². The van der Waals surface area contributed by atoms with Gasteiger partial charge in [0.05, 0.1) is 13.2 Å². The summed E-state index contributed by atoms with van der Waals surface area (Å²) in [6.45, 7) is 6.07. The largest absolute Gasteiger partial charge is 0.467 e. The SMILES string of the molecule is COC(=O)[C@@H](O[SiH](c1ccccc1)c1ccccc1)C(O)CC(C)(C)C. The number of aliphatic hydroxyl groups excluding tert-OH is 1. The summed E-state index contributed by atoms with van der Waals surface area (Å²) >= 11 is 0. The zero-order valence-electron chi connectivity index (χ0n) is 15.9. The molecule has 1 N–H and O–H groups in total. The van der Waals surface area contributed by atoms with Crippen LogP contribution in [0, 0.1) is 5.41 Å². The first-order chi connectivity index (χ1) is 12.3. The molecular formula is C21H28O4Si. The first-order valence-corrected chi connectivity index (χ1v) is 10.5. The molecule has 26 heavy (non-hydrogen) atoms. The second kappa shape index (κ2) is 9.12. The minimum atomic E-state index is -2.16. The van der Waals surface area contributed by atoms with Gasteiger partial charge in [0.2, 0.25) is 9.04 Å². The standard InChI is InChI=1S/C21H28O4Si/c1-21(2,3)15-18(22)19(20(23)24-4)25-26(16-11-7-5-8-12-16)17-13-9-6-10-14-17/h5-14,18-19,22,26H,15H2,1-4H3/t18?,19-/m0/s1. The van der Waals surface area contributed by atoms with Crippen LogP contribution in [0.15, 0.2) is 60.7 Å². The Labute approximate surface area is 157 Å². The van der Waals surface area contributed by atoms with E-state index in [0.29, 0.717) is 6.42 Å². The molecule has 2 aromatic rings. The number of methoxy groups -OCH3 is 1. The molecule has 2 rings (SSSR count). The van der Waals surface area contributed by atoms with Gasteiger partial charge >= 0.3 is 5.97 Å². The molecule has 1 unspecified atom stereocenters. The van der Waals surface area contributed by atoms with Crippen LogP contribution in [0.2, 0.25) is 0 Å². The third-order valence-electron chi connectivity index (χ3n) is 4.09. The van der Waals surface area contributed by atoms with Crippen LogP contribution >= 0.6 is 0 Å². The third kappa shape index (κ3) is 5.80. The number of hydrogen-bond donors (Lipinski definition) is 1. The fourth-order valence-corrected chi connectivity index (χ4v) is 5.33. The zero-order valence-corrected chi connectivity index (χ0v) is 17.0. The minimum absolute atomic E-state index is 0.133. The maximum absolute atomic E-state index is 12.4. The van der Waals surface area contributed by atoms with Crippen molar-refractivity contribution in [1.29, 1.82) is 0 Å². The number of ether oxygens (including phenoxy) is 1. The van der Waals surface area contributed by atoms with Crippen molar-refractivity contribution in [2.75, 3.05) is 7.11 Å². The number of aliphatic hydroxyl groups is 1. The molecule has 0 bridgehead atoms. The van der Waals surface area contributed by atoms with Crippen molar-refractivity contribution in [2.24, 2.45) is 5.41 Å². The van der Waals surface area contributed by atoms with Gasteiger partial charge in [-0.1, -0.05) is 81.4 Å². The Bertz CT molecular complexity index is 643. The second-order valence-corrected chi connectivity index (χ2v) is 9.98. The average Bonchev–Trinajstić information content (AvgIpc) is 2.62.